The maximum absolute atomic E-state index is 16.8. The van der Waals surface area contributed by atoms with Gasteiger partial charge in [-0.2, -0.15) is 15.4 Å². The molecule has 3 aliphatic rings. The number of benzene rings is 2. The van der Waals surface area contributed by atoms with Crippen LogP contribution >= 0.6 is 11.6 Å². The Labute approximate surface area is 284 Å². The summed E-state index contributed by atoms with van der Waals surface area (Å²) in [5, 5.41) is 2.59. The monoisotopic (exact) mass is 677 g/mol. The van der Waals surface area contributed by atoms with E-state index in [1.165, 1.54) is 0 Å². The normalized spacial score (nSPS) is 23.0. The molecule has 2 aromatic carbocycles. The number of aromatic nitrogens is 3. The van der Waals surface area contributed by atoms with E-state index in [4.69, 9.17) is 30.9 Å². The van der Waals surface area contributed by atoms with Crippen molar-refractivity contribution in [3.63, 3.8) is 0 Å². The van der Waals surface area contributed by atoms with Gasteiger partial charge in [-0.15, -0.1) is 0 Å². The van der Waals surface area contributed by atoms with Crippen molar-refractivity contribution in [3.8, 4) is 17.3 Å². The summed E-state index contributed by atoms with van der Waals surface area (Å²) >= 11 is 6.63. The maximum atomic E-state index is 16.8. The van der Waals surface area contributed by atoms with Gasteiger partial charge in [-0.05, 0) is 58.5 Å². The number of nitrogens with one attached hydrogen (secondary N) is 1. The maximum Gasteiger partial charge on any atom is 0.410 e. The molecule has 3 saturated heterocycles. The quantitative estimate of drug-likeness (QED) is 0.240. The number of nitrogens with zero attached hydrogens (tertiary/aromatic N) is 6. The Hall–Kier alpha value is -3.84. The number of hydrogen-bond acceptors (Lipinski definition) is 10. The van der Waals surface area contributed by atoms with Gasteiger partial charge in [0.05, 0.1) is 24.6 Å². The summed E-state index contributed by atoms with van der Waals surface area (Å²) in [6.07, 6.45) is 3.83. The van der Waals surface area contributed by atoms with Gasteiger partial charge >= 0.3 is 12.1 Å². The van der Waals surface area contributed by atoms with E-state index in [0.29, 0.717) is 41.5 Å². The van der Waals surface area contributed by atoms with E-state index in [1.54, 1.807) is 19.4 Å². The van der Waals surface area contributed by atoms with E-state index in [-0.39, 0.29) is 47.5 Å². The van der Waals surface area contributed by atoms with Crippen LogP contribution in [0.25, 0.3) is 32.9 Å². The fourth-order valence-corrected chi connectivity index (χ4v) is 7.68. The van der Waals surface area contributed by atoms with Crippen LogP contribution in [0.5, 0.6) is 6.01 Å². The number of halogens is 2. The summed E-state index contributed by atoms with van der Waals surface area (Å²) in [7, 11) is 3.64. The first kappa shape index (κ1) is 32.7. The number of likely N-dealkylation sites (N-methyl/N-ethyl adjacent to an activating group) is 1. The Morgan fingerprint density at radius 2 is 1.81 bits per heavy atom. The molecule has 4 aromatic rings. The molecule has 7 rings (SSSR count). The van der Waals surface area contributed by atoms with Crippen LogP contribution in [0.2, 0.25) is 5.02 Å². The van der Waals surface area contributed by atoms with Gasteiger partial charge in [0, 0.05) is 53.9 Å². The number of rotatable bonds is 7. The van der Waals surface area contributed by atoms with Gasteiger partial charge < -0.3 is 19.2 Å². The van der Waals surface area contributed by atoms with Crippen molar-refractivity contribution in [2.75, 3.05) is 45.3 Å². The lowest BCUT2D eigenvalue weighted by Crippen LogP contribution is -2.57. The lowest BCUT2D eigenvalue weighted by atomic mass is 10.0. The fourth-order valence-electron chi connectivity index (χ4n) is 7.39. The Balaban J connectivity index is 1.27. The number of hydroxylamine groups is 1. The molecule has 2 bridgehead atoms. The first-order valence-electron chi connectivity index (χ1n) is 16.4. The molecule has 0 spiro atoms. The molecule has 2 unspecified atom stereocenters. The topological polar surface area (TPSA) is 105 Å². The number of fused-ring (bicyclic) bond motifs is 4. The molecule has 254 valence electrons. The molecule has 0 radical (unpaired) electrons. The van der Waals surface area contributed by atoms with Crippen LogP contribution in [0.1, 0.15) is 40.0 Å². The minimum Gasteiger partial charge on any atom is -0.462 e. The van der Waals surface area contributed by atoms with Gasteiger partial charge in [0.2, 0.25) is 0 Å². The number of anilines is 1. The van der Waals surface area contributed by atoms with Crippen LogP contribution in [0.4, 0.5) is 15.0 Å². The molecule has 0 aliphatic carbocycles. The zero-order chi connectivity index (χ0) is 33.7. The zero-order valence-corrected chi connectivity index (χ0v) is 28.6. The van der Waals surface area contributed by atoms with Crippen molar-refractivity contribution in [1.82, 2.24) is 30.2 Å². The Morgan fingerprint density at radius 3 is 2.52 bits per heavy atom. The molecule has 4 atom stereocenters. The molecule has 3 fully saturated rings. The molecule has 0 saturated carbocycles. The van der Waals surface area contributed by atoms with Crippen LogP contribution < -0.4 is 15.1 Å². The molecular formula is C35H41ClFN7O4. The number of amides is 1. The molecule has 5 heterocycles. The third-order valence-corrected chi connectivity index (χ3v) is 9.83. The lowest BCUT2D eigenvalue weighted by Gasteiger charge is -2.42. The van der Waals surface area contributed by atoms with Crippen molar-refractivity contribution < 1.29 is 23.5 Å². The van der Waals surface area contributed by atoms with E-state index in [1.807, 2.05) is 63.1 Å². The minimum atomic E-state index is -0.592. The minimum absolute atomic E-state index is 0.0692. The largest absolute Gasteiger partial charge is 0.462 e. The molecule has 13 heteroatoms. The van der Waals surface area contributed by atoms with Crippen molar-refractivity contribution in [2.45, 2.75) is 69.8 Å². The van der Waals surface area contributed by atoms with Gasteiger partial charge in [0.1, 0.15) is 29.2 Å². The summed E-state index contributed by atoms with van der Waals surface area (Å²) in [6.45, 7) is 7.76. The molecule has 48 heavy (non-hydrogen) atoms. The average Bonchev–Trinajstić information content (AvgIpc) is 3.53. The lowest BCUT2D eigenvalue weighted by molar-refractivity contribution is 0.0122. The predicted octanol–water partition coefficient (Wildman–Crippen LogP) is 5.83. The van der Waals surface area contributed by atoms with Gasteiger partial charge in [0.25, 0.3) is 0 Å². The molecular weight excluding hydrogens is 637 g/mol. The highest BCUT2D eigenvalue weighted by molar-refractivity contribution is 6.36. The van der Waals surface area contributed by atoms with Crippen molar-refractivity contribution in [2.24, 2.45) is 0 Å². The summed E-state index contributed by atoms with van der Waals surface area (Å²) in [5.74, 6) is -0.0468. The third-order valence-electron chi connectivity index (χ3n) is 9.52. The molecule has 1 amide bonds. The Kier molecular flexibility index (Phi) is 8.78. The summed E-state index contributed by atoms with van der Waals surface area (Å²) in [5.41, 5.74) is 3.27. The van der Waals surface area contributed by atoms with Crippen LogP contribution in [0.15, 0.2) is 42.6 Å². The SMILES string of the molecule is CON[C@@H]1C[C@@H](COc2nc(N3CC4CCC(C3)N4C(=O)OC(C)(C)C)c3cnc(-c4cccc5cccc(Cl)c45)c(F)c3n2)N(C)C1. The zero-order valence-electron chi connectivity index (χ0n) is 27.9. The second-order valence-electron chi connectivity index (χ2n) is 14.0. The van der Waals surface area contributed by atoms with Gasteiger partial charge in [-0.3, -0.25) is 14.8 Å². The van der Waals surface area contributed by atoms with Gasteiger partial charge in [-0.1, -0.05) is 41.9 Å². The number of carbonyl (C=O) groups is 1. The number of piperazine rings is 1. The predicted molar refractivity (Wildman–Crippen MR) is 183 cm³/mol. The fraction of sp³-hybridized carbons (Fsp3) is 0.486. The summed E-state index contributed by atoms with van der Waals surface area (Å²) in [4.78, 5) is 38.6. The molecule has 1 N–H and O–H groups in total. The summed E-state index contributed by atoms with van der Waals surface area (Å²) in [6, 6.07) is 11.4. The second kappa shape index (κ2) is 12.9. The number of hydrogen-bond donors (Lipinski definition) is 1. The van der Waals surface area contributed by atoms with Crippen molar-refractivity contribution in [3.05, 3.63) is 53.4 Å². The molecule has 3 aliphatic heterocycles. The number of likely N-dealkylation sites (tertiary alicyclic amines) is 1. The Bertz CT molecular complexity index is 1840. The second-order valence-corrected chi connectivity index (χ2v) is 14.4. The number of carbonyl (C=O) groups excluding carboxylic acids is 1. The van der Waals surface area contributed by atoms with E-state index < -0.39 is 11.4 Å². The number of ether oxygens (including phenoxy) is 2. The van der Waals surface area contributed by atoms with Gasteiger partial charge in [0.15, 0.2) is 5.82 Å². The van der Waals surface area contributed by atoms with Crippen LogP contribution in [-0.2, 0) is 9.57 Å². The third kappa shape index (κ3) is 6.22. The number of pyridine rings is 1. The standard InChI is InChI=1S/C35H41ClFN7O4/c1-35(2,3)48-34(45)44-22-12-13-23(44)18-43(17-22)32-26-15-38-30(25-10-6-8-20-9-7-11-27(36)28(20)25)29(37)31(26)39-33(40-32)47-19-24-14-21(41-46-5)16-42(24)4/h6-11,15,21-24,41H,12-14,16-19H2,1-5H3/t21-,22?,23?,24+/m1/s1. The van der Waals surface area contributed by atoms with Crippen molar-refractivity contribution >= 4 is 45.2 Å². The average molecular weight is 678 g/mol. The van der Waals surface area contributed by atoms with Crippen LogP contribution in [0, 0.1) is 5.82 Å². The molecule has 2 aromatic heterocycles. The van der Waals surface area contributed by atoms with E-state index >= 15 is 4.39 Å². The first-order chi connectivity index (χ1) is 23.0. The highest BCUT2D eigenvalue weighted by Crippen LogP contribution is 2.39. The van der Waals surface area contributed by atoms with Gasteiger partial charge in [-0.25, -0.2) is 9.18 Å². The highest BCUT2D eigenvalue weighted by atomic mass is 35.5. The van der Waals surface area contributed by atoms with E-state index in [9.17, 15) is 4.79 Å². The van der Waals surface area contributed by atoms with Crippen LogP contribution in [0.3, 0.4) is 0 Å². The van der Waals surface area contributed by atoms with Crippen molar-refractivity contribution in [1.29, 1.82) is 0 Å². The van der Waals surface area contributed by atoms with E-state index in [0.717, 1.165) is 36.6 Å². The molecule has 11 nitrogen and oxygen atoms in total. The summed E-state index contributed by atoms with van der Waals surface area (Å²) < 4.78 is 28.8. The first-order valence-corrected chi connectivity index (χ1v) is 16.8. The Morgan fingerprint density at radius 1 is 1.08 bits per heavy atom. The smallest absolute Gasteiger partial charge is 0.410 e. The highest BCUT2D eigenvalue weighted by Gasteiger charge is 2.45. The van der Waals surface area contributed by atoms with E-state index in [2.05, 4.69) is 25.2 Å². The van der Waals surface area contributed by atoms with Crippen LogP contribution in [-0.4, -0.2) is 101 Å².